The van der Waals surface area contributed by atoms with Crippen molar-refractivity contribution in [1.82, 2.24) is 4.57 Å². The number of carbonyl (C=O) groups is 1. The largest absolute Gasteiger partial charge is 0.497 e. The number of benzene rings is 2. The third-order valence-electron chi connectivity index (χ3n) is 5.31. The van der Waals surface area contributed by atoms with Gasteiger partial charge in [0.2, 0.25) is 6.79 Å². The number of fused-ring (bicyclic) bond motifs is 4. The van der Waals surface area contributed by atoms with Gasteiger partial charge in [-0.25, -0.2) is 0 Å². The van der Waals surface area contributed by atoms with E-state index in [2.05, 4.69) is 0 Å². The molecule has 1 aliphatic carbocycles. The predicted octanol–water partition coefficient (Wildman–Crippen LogP) is 3.95. The summed E-state index contributed by atoms with van der Waals surface area (Å²) in [6.07, 6.45) is 4.16. The van der Waals surface area contributed by atoms with Crippen LogP contribution in [-0.2, 0) is 12.8 Å². The number of methoxy groups -OCH3 is 1. The average molecular weight is 349 g/mol. The summed E-state index contributed by atoms with van der Waals surface area (Å²) in [6, 6.07) is 11.2. The SMILES string of the molecule is COc1ccc(C(=O)n2c3c(c4cc5c(cc42)OCO5)CCCC3)cc1. The van der Waals surface area contributed by atoms with Crippen LogP contribution in [0, 0.1) is 0 Å². The number of rotatable bonds is 2. The van der Waals surface area contributed by atoms with Crippen molar-refractivity contribution in [3.05, 3.63) is 53.2 Å². The molecule has 0 atom stereocenters. The summed E-state index contributed by atoms with van der Waals surface area (Å²) in [5.41, 5.74) is 3.94. The first kappa shape index (κ1) is 15.3. The van der Waals surface area contributed by atoms with Gasteiger partial charge in [-0.15, -0.1) is 0 Å². The van der Waals surface area contributed by atoms with Crippen LogP contribution in [-0.4, -0.2) is 24.4 Å². The van der Waals surface area contributed by atoms with Crippen molar-refractivity contribution in [3.63, 3.8) is 0 Å². The fourth-order valence-electron chi connectivity index (χ4n) is 4.02. The Morgan fingerprint density at radius 3 is 2.54 bits per heavy atom. The van der Waals surface area contributed by atoms with Gasteiger partial charge in [0.25, 0.3) is 5.91 Å². The lowest BCUT2D eigenvalue weighted by atomic mass is 9.95. The van der Waals surface area contributed by atoms with Gasteiger partial charge in [-0.05, 0) is 61.6 Å². The Bertz CT molecular complexity index is 1020. The van der Waals surface area contributed by atoms with Gasteiger partial charge in [-0.1, -0.05) is 0 Å². The third kappa shape index (κ3) is 2.20. The molecule has 2 aliphatic rings. The van der Waals surface area contributed by atoms with E-state index in [1.165, 1.54) is 5.56 Å². The number of ether oxygens (including phenoxy) is 3. The van der Waals surface area contributed by atoms with E-state index >= 15 is 0 Å². The van der Waals surface area contributed by atoms with E-state index in [1.54, 1.807) is 7.11 Å². The molecule has 132 valence electrons. The van der Waals surface area contributed by atoms with Gasteiger partial charge >= 0.3 is 0 Å². The first-order chi connectivity index (χ1) is 12.8. The minimum Gasteiger partial charge on any atom is -0.497 e. The Hall–Kier alpha value is -2.95. The second kappa shape index (κ2) is 5.80. The molecule has 0 spiro atoms. The van der Waals surface area contributed by atoms with E-state index in [4.69, 9.17) is 14.2 Å². The highest BCUT2D eigenvalue weighted by molar-refractivity contribution is 6.05. The summed E-state index contributed by atoms with van der Waals surface area (Å²) in [6.45, 7) is 0.233. The quantitative estimate of drug-likeness (QED) is 0.703. The lowest BCUT2D eigenvalue weighted by Crippen LogP contribution is -2.17. The highest BCUT2D eigenvalue weighted by atomic mass is 16.7. The van der Waals surface area contributed by atoms with E-state index in [0.29, 0.717) is 11.3 Å². The van der Waals surface area contributed by atoms with E-state index in [-0.39, 0.29) is 12.7 Å². The summed E-state index contributed by atoms with van der Waals surface area (Å²) < 4.78 is 18.2. The maximum absolute atomic E-state index is 13.3. The van der Waals surface area contributed by atoms with E-state index in [0.717, 1.165) is 53.8 Å². The fraction of sp³-hybridized carbons (Fsp3) is 0.286. The van der Waals surface area contributed by atoms with E-state index < -0.39 is 0 Å². The van der Waals surface area contributed by atoms with E-state index in [1.807, 2.05) is 41.0 Å². The molecular formula is C21H19NO4. The molecule has 5 heteroatoms. The highest BCUT2D eigenvalue weighted by Crippen LogP contribution is 2.41. The van der Waals surface area contributed by atoms with Crippen molar-refractivity contribution in [2.24, 2.45) is 0 Å². The molecule has 0 radical (unpaired) electrons. The predicted molar refractivity (Wildman–Crippen MR) is 97.4 cm³/mol. The third-order valence-corrected chi connectivity index (χ3v) is 5.31. The number of hydrogen-bond donors (Lipinski definition) is 0. The van der Waals surface area contributed by atoms with Crippen LogP contribution < -0.4 is 14.2 Å². The van der Waals surface area contributed by atoms with Crippen LogP contribution in [0.2, 0.25) is 0 Å². The maximum atomic E-state index is 13.3. The highest BCUT2D eigenvalue weighted by Gasteiger charge is 2.27. The molecule has 0 bridgehead atoms. The van der Waals surface area contributed by atoms with Crippen molar-refractivity contribution in [2.75, 3.05) is 13.9 Å². The zero-order chi connectivity index (χ0) is 17.7. The monoisotopic (exact) mass is 349 g/mol. The lowest BCUT2D eigenvalue weighted by Gasteiger charge is -2.15. The first-order valence-electron chi connectivity index (χ1n) is 8.91. The summed E-state index contributed by atoms with van der Waals surface area (Å²) in [4.78, 5) is 13.3. The second-order valence-corrected chi connectivity index (χ2v) is 6.72. The topological polar surface area (TPSA) is 49.7 Å². The van der Waals surface area contributed by atoms with Gasteiger partial charge in [0.15, 0.2) is 11.5 Å². The van der Waals surface area contributed by atoms with Crippen molar-refractivity contribution in [2.45, 2.75) is 25.7 Å². The molecule has 5 nitrogen and oxygen atoms in total. The molecule has 5 rings (SSSR count). The van der Waals surface area contributed by atoms with Gasteiger partial charge in [-0.2, -0.15) is 0 Å². The lowest BCUT2D eigenvalue weighted by molar-refractivity contribution is 0.0961. The molecular weight excluding hydrogens is 330 g/mol. The molecule has 2 aromatic carbocycles. The minimum absolute atomic E-state index is 0.0142. The van der Waals surface area contributed by atoms with Gasteiger partial charge < -0.3 is 14.2 Å². The first-order valence-corrected chi connectivity index (χ1v) is 8.91. The van der Waals surface area contributed by atoms with E-state index in [9.17, 15) is 4.79 Å². The summed E-state index contributed by atoms with van der Waals surface area (Å²) in [5, 5.41) is 1.10. The molecule has 0 fully saturated rings. The van der Waals surface area contributed by atoms with Crippen LogP contribution >= 0.6 is 0 Å². The van der Waals surface area contributed by atoms with Gasteiger partial charge in [0.1, 0.15) is 5.75 Å². The second-order valence-electron chi connectivity index (χ2n) is 6.72. The standard InChI is InChI=1S/C21H19NO4/c1-24-14-8-6-13(7-9-14)21(23)22-17-5-3-2-4-15(17)16-10-19-20(11-18(16)22)26-12-25-19/h6-11H,2-5,12H2,1H3. The van der Waals surface area contributed by atoms with Crippen LogP contribution in [0.5, 0.6) is 17.2 Å². The van der Waals surface area contributed by atoms with Crippen LogP contribution in [0.25, 0.3) is 10.9 Å². The number of nitrogens with zero attached hydrogens (tertiary/aromatic N) is 1. The Balaban J connectivity index is 1.71. The molecule has 0 unspecified atom stereocenters. The molecule has 1 aliphatic heterocycles. The zero-order valence-electron chi connectivity index (χ0n) is 14.6. The number of aromatic nitrogens is 1. The summed E-state index contributed by atoms with van der Waals surface area (Å²) in [5.74, 6) is 2.19. The molecule has 1 aromatic heterocycles. The van der Waals surface area contributed by atoms with Crippen LogP contribution in [0.3, 0.4) is 0 Å². The fourth-order valence-corrected chi connectivity index (χ4v) is 4.02. The van der Waals surface area contributed by atoms with Crippen molar-refractivity contribution in [1.29, 1.82) is 0 Å². The molecule has 0 saturated heterocycles. The maximum Gasteiger partial charge on any atom is 0.262 e. The zero-order valence-corrected chi connectivity index (χ0v) is 14.6. The Kier molecular flexibility index (Phi) is 3.42. The Morgan fingerprint density at radius 2 is 1.77 bits per heavy atom. The molecule has 26 heavy (non-hydrogen) atoms. The van der Waals surface area contributed by atoms with Crippen molar-refractivity contribution < 1.29 is 19.0 Å². The smallest absolute Gasteiger partial charge is 0.262 e. The summed E-state index contributed by atoms with van der Waals surface area (Å²) in [7, 11) is 1.62. The average Bonchev–Trinajstić information content (AvgIpc) is 3.27. The Labute approximate surface area is 151 Å². The normalized spacial score (nSPS) is 15.1. The summed E-state index contributed by atoms with van der Waals surface area (Å²) >= 11 is 0. The van der Waals surface area contributed by atoms with Gasteiger partial charge in [0.05, 0.1) is 12.6 Å². The molecule has 2 heterocycles. The molecule has 3 aromatic rings. The number of aryl methyl sites for hydroxylation is 1. The molecule has 0 amide bonds. The minimum atomic E-state index is -0.0142. The van der Waals surface area contributed by atoms with Crippen LogP contribution in [0.4, 0.5) is 0 Å². The molecule has 0 N–H and O–H groups in total. The molecule has 0 saturated carbocycles. The number of carbonyl (C=O) groups excluding carboxylic acids is 1. The van der Waals surface area contributed by atoms with Crippen molar-refractivity contribution >= 4 is 16.8 Å². The van der Waals surface area contributed by atoms with Crippen LogP contribution in [0.1, 0.15) is 34.5 Å². The number of hydrogen-bond acceptors (Lipinski definition) is 4. The van der Waals surface area contributed by atoms with Crippen molar-refractivity contribution in [3.8, 4) is 17.2 Å². The van der Waals surface area contributed by atoms with Crippen LogP contribution in [0.15, 0.2) is 36.4 Å². The Morgan fingerprint density at radius 1 is 1.04 bits per heavy atom. The van der Waals surface area contributed by atoms with Gasteiger partial charge in [0, 0.05) is 22.7 Å². The van der Waals surface area contributed by atoms with Gasteiger partial charge in [-0.3, -0.25) is 9.36 Å².